The van der Waals surface area contributed by atoms with Gasteiger partial charge in [-0.3, -0.25) is 4.79 Å². The van der Waals surface area contributed by atoms with E-state index in [0.29, 0.717) is 17.8 Å². The SMILES string of the molecule is Nc1cccc(C(=O)OCC(=O)NCC2CCCO2)c1. The Morgan fingerprint density at radius 2 is 2.30 bits per heavy atom. The molecule has 0 aliphatic carbocycles. The molecular formula is C14H18N2O4. The van der Waals surface area contributed by atoms with Crippen LogP contribution in [0.3, 0.4) is 0 Å². The number of rotatable bonds is 5. The van der Waals surface area contributed by atoms with Gasteiger partial charge in [-0.1, -0.05) is 6.07 Å². The van der Waals surface area contributed by atoms with Crippen molar-refractivity contribution < 1.29 is 19.1 Å². The normalized spacial score (nSPS) is 17.7. The molecule has 0 bridgehead atoms. The maximum atomic E-state index is 11.7. The molecule has 1 amide bonds. The monoisotopic (exact) mass is 278 g/mol. The lowest BCUT2D eigenvalue weighted by molar-refractivity contribution is -0.124. The molecule has 0 aromatic heterocycles. The number of hydrogen-bond donors (Lipinski definition) is 2. The van der Waals surface area contributed by atoms with Crippen molar-refractivity contribution in [3.63, 3.8) is 0 Å². The Morgan fingerprint density at radius 1 is 1.45 bits per heavy atom. The summed E-state index contributed by atoms with van der Waals surface area (Å²) >= 11 is 0. The standard InChI is InChI=1S/C14H18N2O4/c15-11-4-1-3-10(7-11)14(18)20-9-13(17)16-8-12-5-2-6-19-12/h1,3-4,7,12H,2,5-6,8-9,15H2,(H,16,17). The molecule has 1 aromatic carbocycles. The predicted octanol–water partition coefficient (Wildman–Crippen LogP) is 0.721. The minimum Gasteiger partial charge on any atom is -0.452 e. The summed E-state index contributed by atoms with van der Waals surface area (Å²) < 4.78 is 10.3. The molecule has 6 nitrogen and oxygen atoms in total. The number of ether oxygens (including phenoxy) is 2. The summed E-state index contributed by atoms with van der Waals surface area (Å²) in [6, 6.07) is 6.42. The van der Waals surface area contributed by atoms with Crippen LogP contribution in [0.2, 0.25) is 0 Å². The number of carbonyl (C=O) groups is 2. The van der Waals surface area contributed by atoms with Gasteiger partial charge in [0.15, 0.2) is 6.61 Å². The van der Waals surface area contributed by atoms with Crippen molar-refractivity contribution >= 4 is 17.6 Å². The summed E-state index contributed by atoms with van der Waals surface area (Å²) in [4.78, 5) is 23.2. The van der Waals surface area contributed by atoms with Crippen molar-refractivity contribution in [2.75, 3.05) is 25.5 Å². The fourth-order valence-corrected chi connectivity index (χ4v) is 1.96. The van der Waals surface area contributed by atoms with Crippen molar-refractivity contribution in [1.29, 1.82) is 0 Å². The first-order valence-corrected chi connectivity index (χ1v) is 6.56. The van der Waals surface area contributed by atoms with Gasteiger partial charge >= 0.3 is 5.97 Å². The molecule has 1 saturated heterocycles. The molecule has 2 rings (SSSR count). The fourth-order valence-electron chi connectivity index (χ4n) is 1.96. The summed E-state index contributed by atoms with van der Waals surface area (Å²) in [5.41, 5.74) is 6.37. The van der Waals surface area contributed by atoms with Crippen LogP contribution in [0.5, 0.6) is 0 Å². The van der Waals surface area contributed by atoms with Gasteiger partial charge in [-0.05, 0) is 31.0 Å². The largest absolute Gasteiger partial charge is 0.452 e. The maximum absolute atomic E-state index is 11.7. The number of nitrogen functional groups attached to an aromatic ring is 1. The van der Waals surface area contributed by atoms with Crippen LogP contribution in [0.25, 0.3) is 0 Å². The van der Waals surface area contributed by atoms with Crippen LogP contribution in [0.1, 0.15) is 23.2 Å². The van der Waals surface area contributed by atoms with Gasteiger partial charge in [-0.25, -0.2) is 4.79 Å². The highest BCUT2D eigenvalue weighted by atomic mass is 16.5. The minimum atomic E-state index is -0.565. The summed E-state index contributed by atoms with van der Waals surface area (Å²) in [5, 5.41) is 2.68. The quantitative estimate of drug-likeness (QED) is 0.612. The lowest BCUT2D eigenvalue weighted by Gasteiger charge is -2.11. The van der Waals surface area contributed by atoms with Gasteiger partial charge in [-0.2, -0.15) is 0 Å². The molecule has 1 aliphatic heterocycles. The Labute approximate surface area is 117 Å². The lowest BCUT2D eigenvalue weighted by atomic mass is 10.2. The number of nitrogens with one attached hydrogen (secondary N) is 1. The average molecular weight is 278 g/mol. The number of esters is 1. The highest BCUT2D eigenvalue weighted by Crippen LogP contribution is 2.10. The van der Waals surface area contributed by atoms with Crippen molar-refractivity contribution in [2.24, 2.45) is 0 Å². The van der Waals surface area contributed by atoms with Crippen LogP contribution in [-0.4, -0.2) is 37.7 Å². The lowest BCUT2D eigenvalue weighted by Crippen LogP contribution is -2.34. The minimum absolute atomic E-state index is 0.0728. The molecule has 1 fully saturated rings. The van der Waals surface area contributed by atoms with Gasteiger partial charge in [0.25, 0.3) is 5.91 Å². The summed E-state index contributed by atoms with van der Waals surface area (Å²) in [7, 11) is 0. The van der Waals surface area contributed by atoms with E-state index in [1.54, 1.807) is 18.2 Å². The van der Waals surface area contributed by atoms with Crippen molar-refractivity contribution in [1.82, 2.24) is 5.32 Å². The van der Waals surface area contributed by atoms with E-state index in [1.807, 2.05) is 0 Å². The van der Waals surface area contributed by atoms with E-state index in [9.17, 15) is 9.59 Å². The van der Waals surface area contributed by atoms with Gasteiger partial charge < -0.3 is 20.5 Å². The average Bonchev–Trinajstić information content (AvgIpc) is 2.95. The number of anilines is 1. The van der Waals surface area contributed by atoms with Crippen LogP contribution >= 0.6 is 0 Å². The zero-order valence-corrected chi connectivity index (χ0v) is 11.1. The fraction of sp³-hybridized carbons (Fsp3) is 0.429. The summed E-state index contributed by atoms with van der Waals surface area (Å²) in [6.45, 7) is 0.889. The zero-order valence-electron chi connectivity index (χ0n) is 11.1. The maximum Gasteiger partial charge on any atom is 0.338 e. The molecule has 1 unspecified atom stereocenters. The molecule has 0 spiro atoms. The first-order valence-electron chi connectivity index (χ1n) is 6.56. The topological polar surface area (TPSA) is 90.7 Å². The first kappa shape index (κ1) is 14.3. The van der Waals surface area contributed by atoms with Crippen molar-refractivity contribution in [3.8, 4) is 0 Å². The van der Waals surface area contributed by atoms with Gasteiger partial charge in [0.2, 0.25) is 0 Å². The van der Waals surface area contributed by atoms with Gasteiger partial charge in [0, 0.05) is 18.8 Å². The second-order valence-corrected chi connectivity index (χ2v) is 4.64. The van der Waals surface area contributed by atoms with Gasteiger partial charge in [-0.15, -0.1) is 0 Å². The molecule has 0 radical (unpaired) electrons. The third-order valence-electron chi connectivity index (χ3n) is 3.01. The number of amides is 1. The molecule has 1 atom stereocenters. The third kappa shape index (κ3) is 4.24. The molecule has 3 N–H and O–H groups in total. The van der Waals surface area contributed by atoms with Gasteiger partial charge in [0.05, 0.1) is 11.7 Å². The Hall–Kier alpha value is -2.08. The van der Waals surface area contributed by atoms with E-state index >= 15 is 0 Å². The summed E-state index contributed by atoms with van der Waals surface area (Å²) in [5.74, 6) is -0.901. The Morgan fingerprint density at radius 3 is 3.00 bits per heavy atom. The highest BCUT2D eigenvalue weighted by Gasteiger charge is 2.16. The Balaban J connectivity index is 1.71. The van der Waals surface area contributed by atoms with Crippen LogP contribution < -0.4 is 11.1 Å². The first-order chi connectivity index (χ1) is 9.65. The van der Waals surface area contributed by atoms with E-state index in [4.69, 9.17) is 15.2 Å². The third-order valence-corrected chi connectivity index (χ3v) is 3.01. The van der Waals surface area contributed by atoms with E-state index in [-0.39, 0.29) is 18.6 Å². The van der Waals surface area contributed by atoms with Crippen molar-refractivity contribution in [2.45, 2.75) is 18.9 Å². The molecule has 1 heterocycles. The highest BCUT2D eigenvalue weighted by molar-refractivity contribution is 5.92. The summed E-state index contributed by atoms with van der Waals surface area (Å²) in [6.07, 6.45) is 2.04. The number of benzene rings is 1. The second-order valence-electron chi connectivity index (χ2n) is 4.64. The smallest absolute Gasteiger partial charge is 0.338 e. The molecular weight excluding hydrogens is 260 g/mol. The van der Waals surface area contributed by atoms with E-state index in [0.717, 1.165) is 19.4 Å². The molecule has 1 aliphatic rings. The zero-order chi connectivity index (χ0) is 14.4. The Kier molecular flexibility index (Phi) is 4.95. The van der Waals surface area contributed by atoms with Crippen LogP contribution in [-0.2, 0) is 14.3 Å². The molecule has 6 heteroatoms. The van der Waals surface area contributed by atoms with Crippen LogP contribution in [0.4, 0.5) is 5.69 Å². The molecule has 0 saturated carbocycles. The number of hydrogen-bond acceptors (Lipinski definition) is 5. The van der Waals surface area contributed by atoms with Crippen LogP contribution in [0, 0.1) is 0 Å². The van der Waals surface area contributed by atoms with Crippen molar-refractivity contribution in [3.05, 3.63) is 29.8 Å². The second kappa shape index (κ2) is 6.91. The molecule has 1 aromatic rings. The Bertz CT molecular complexity index is 484. The number of nitrogens with two attached hydrogens (primary N) is 1. The van der Waals surface area contributed by atoms with E-state index < -0.39 is 5.97 Å². The predicted molar refractivity (Wildman–Crippen MR) is 73.1 cm³/mol. The molecule has 108 valence electrons. The molecule has 20 heavy (non-hydrogen) atoms. The van der Waals surface area contributed by atoms with E-state index in [2.05, 4.69) is 5.32 Å². The van der Waals surface area contributed by atoms with E-state index in [1.165, 1.54) is 6.07 Å². The number of carbonyl (C=O) groups excluding carboxylic acids is 2. The van der Waals surface area contributed by atoms with Gasteiger partial charge in [0.1, 0.15) is 0 Å². The van der Waals surface area contributed by atoms with Crippen LogP contribution in [0.15, 0.2) is 24.3 Å².